The topological polar surface area (TPSA) is 23.5 Å². The van der Waals surface area contributed by atoms with Crippen LogP contribution in [0.5, 0.6) is 0 Å². The van der Waals surface area contributed by atoms with E-state index in [9.17, 15) is 0 Å². The smallest absolute Gasteiger partial charge is 0.0558 e. The van der Waals surface area contributed by atoms with Crippen LogP contribution in [0.2, 0.25) is 0 Å². The van der Waals surface area contributed by atoms with Crippen molar-refractivity contribution in [1.29, 1.82) is 0 Å². The molecule has 0 heterocycles. The van der Waals surface area contributed by atoms with Crippen molar-refractivity contribution in [2.45, 2.75) is 70.3 Å². The third kappa shape index (κ3) is 7.10. The van der Waals surface area contributed by atoms with Crippen LogP contribution in [0.25, 0.3) is 0 Å². The van der Waals surface area contributed by atoms with Gasteiger partial charge in [-0.15, -0.1) is 0 Å². The Morgan fingerprint density at radius 1 is 0.889 bits per heavy atom. The second-order valence-corrected chi connectivity index (χ2v) is 6.30. The summed E-state index contributed by atoms with van der Waals surface area (Å²) in [4.78, 5) is 2.51. The Balaban J connectivity index is 1.91. The molecule has 0 radical (unpaired) electrons. The van der Waals surface area contributed by atoms with E-state index >= 15 is 0 Å². The Kier molecular flexibility index (Phi) is 10.3. The van der Waals surface area contributed by atoms with Crippen molar-refractivity contribution >= 4 is 15.9 Å². The minimum atomic E-state index is 0.322. The molecular weight excluding hydrogens is 290 g/mol. The molecule has 0 bridgehead atoms. The fourth-order valence-corrected chi connectivity index (χ4v) is 3.05. The lowest BCUT2D eigenvalue weighted by molar-refractivity contribution is 0.0994. The van der Waals surface area contributed by atoms with Crippen molar-refractivity contribution in [3.05, 3.63) is 0 Å². The molecule has 0 aliphatic heterocycles. The van der Waals surface area contributed by atoms with Gasteiger partial charge < -0.3 is 5.11 Å². The molecule has 18 heavy (non-hydrogen) atoms. The first-order valence-corrected chi connectivity index (χ1v) is 8.91. The average molecular weight is 320 g/mol. The van der Waals surface area contributed by atoms with Gasteiger partial charge >= 0.3 is 0 Å². The highest BCUT2D eigenvalue weighted by atomic mass is 79.9. The zero-order valence-electron chi connectivity index (χ0n) is 11.7. The van der Waals surface area contributed by atoms with E-state index in [2.05, 4.69) is 20.8 Å². The molecule has 0 aromatic heterocycles. The van der Waals surface area contributed by atoms with Crippen LogP contribution in [0.4, 0.5) is 0 Å². The Morgan fingerprint density at radius 3 is 2.00 bits per heavy atom. The molecule has 0 unspecified atom stereocenters. The molecule has 1 rings (SSSR count). The van der Waals surface area contributed by atoms with Crippen molar-refractivity contribution in [2.75, 3.05) is 25.0 Å². The molecule has 0 atom stereocenters. The van der Waals surface area contributed by atoms with Crippen molar-refractivity contribution < 1.29 is 5.11 Å². The van der Waals surface area contributed by atoms with E-state index in [1.807, 2.05) is 0 Å². The number of hydrogen-bond acceptors (Lipinski definition) is 2. The standard InChI is InChI=1S/C15H30BrNO/c16-11-6-4-2-1-3-5-7-12-17(13-14-18)15-9-8-10-15/h15,18H,1-14H2. The first kappa shape index (κ1) is 16.5. The highest BCUT2D eigenvalue weighted by molar-refractivity contribution is 9.09. The molecule has 3 heteroatoms. The van der Waals surface area contributed by atoms with Gasteiger partial charge in [0, 0.05) is 17.9 Å². The fraction of sp³-hybridized carbons (Fsp3) is 1.00. The van der Waals surface area contributed by atoms with Gasteiger partial charge in [0.05, 0.1) is 6.61 Å². The molecule has 1 aliphatic rings. The van der Waals surface area contributed by atoms with Crippen LogP contribution in [0, 0.1) is 0 Å². The number of unbranched alkanes of at least 4 members (excludes halogenated alkanes) is 6. The third-order valence-electron chi connectivity index (χ3n) is 4.06. The van der Waals surface area contributed by atoms with Crippen LogP contribution in [-0.4, -0.2) is 41.1 Å². The van der Waals surface area contributed by atoms with Crippen LogP contribution in [0.15, 0.2) is 0 Å². The summed E-state index contributed by atoms with van der Waals surface area (Å²) in [7, 11) is 0. The summed E-state index contributed by atoms with van der Waals surface area (Å²) in [5, 5.41) is 10.2. The lowest BCUT2D eigenvalue weighted by Crippen LogP contribution is -2.42. The molecule has 108 valence electrons. The maximum Gasteiger partial charge on any atom is 0.0558 e. The highest BCUT2D eigenvalue weighted by Gasteiger charge is 2.23. The van der Waals surface area contributed by atoms with Crippen molar-refractivity contribution in [3.63, 3.8) is 0 Å². The molecule has 0 aromatic rings. The molecule has 1 fully saturated rings. The largest absolute Gasteiger partial charge is 0.395 e. The molecular formula is C15H30BrNO. The molecule has 1 N–H and O–H groups in total. The van der Waals surface area contributed by atoms with Crippen LogP contribution in [0.1, 0.15) is 64.2 Å². The summed E-state index contributed by atoms with van der Waals surface area (Å²) < 4.78 is 0. The van der Waals surface area contributed by atoms with Gasteiger partial charge in [-0.1, -0.05) is 54.5 Å². The van der Waals surface area contributed by atoms with E-state index in [4.69, 9.17) is 5.11 Å². The summed E-state index contributed by atoms with van der Waals surface area (Å²) in [6.07, 6.45) is 13.7. The first-order valence-electron chi connectivity index (χ1n) is 7.79. The van der Waals surface area contributed by atoms with Gasteiger partial charge in [-0.05, 0) is 32.2 Å². The van der Waals surface area contributed by atoms with Gasteiger partial charge in [0.2, 0.25) is 0 Å². The Hall–Kier alpha value is 0.400. The molecule has 0 saturated heterocycles. The van der Waals surface area contributed by atoms with Gasteiger partial charge in [-0.2, -0.15) is 0 Å². The van der Waals surface area contributed by atoms with E-state index < -0.39 is 0 Å². The van der Waals surface area contributed by atoms with E-state index in [0.717, 1.165) is 17.9 Å². The SMILES string of the molecule is OCCN(CCCCCCCCCBr)C1CCC1. The summed E-state index contributed by atoms with van der Waals surface area (Å²) in [6.45, 7) is 2.41. The summed E-state index contributed by atoms with van der Waals surface area (Å²) in [6, 6.07) is 0.788. The predicted octanol–water partition coefficient (Wildman–Crippen LogP) is 3.96. The van der Waals surface area contributed by atoms with Gasteiger partial charge in [-0.25, -0.2) is 0 Å². The third-order valence-corrected chi connectivity index (χ3v) is 4.62. The lowest BCUT2D eigenvalue weighted by Gasteiger charge is -2.37. The Morgan fingerprint density at radius 2 is 1.50 bits per heavy atom. The number of halogens is 1. The van der Waals surface area contributed by atoms with Crippen molar-refractivity contribution in [3.8, 4) is 0 Å². The second kappa shape index (κ2) is 11.2. The molecule has 1 aliphatic carbocycles. The van der Waals surface area contributed by atoms with Crippen LogP contribution >= 0.6 is 15.9 Å². The zero-order valence-corrected chi connectivity index (χ0v) is 13.3. The van der Waals surface area contributed by atoms with Gasteiger partial charge in [0.25, 0.3) is 0 Å². The molecule has 1 saturated carbocycles. The van der Waals surface area contributed by atoms with Crippen LogP contribution < -0.4 is 0 Å². The highest BCUT2D eigenvalue weighted by Crippen LogP contribution is 2.24. The Labute approximate surface area is 121 Å². The normalized spacial score (nSPS) is 16.2. The second-order valence-electron chi connectivity index (χ2n) is 5.51. The average Bonchev–Trinajstić information content (AvgIpc) is 2.30. The Bertz CT molecular complexity index is 185. The number of aliphatic hydroxyl groups is 1. The number of alkyl halides is 1. The maximum atomic E-state index is 9.08. The minimum absolute atomic E-state index is 0.322. The summed E-state index contributed by atoms with van der Waals surface area (Å²) >= 11 is 3.47. The van der Waals surface area contributed by atoms with Gasteiger partial charge in [0.1, 0.15) is 0 Å². The zero-order chi connectivity index (χ0) is 13.1. The lowest BCUT2D eigenvalue weighted by atomic mass is 9.91. The van der Waals surface area contributed by atoms with E-state index in [1.165, 1.54) is 70.8 Å². The first-order chi connectivity index (χ1) is 8.88. The number of aliphatic hydroxyl groups excluding tert-OH is 1. The molecule has 0 aromatic carbocycles. The number of hydrogen-bond donors (Lipinski definition) is 1. The summed E-state index contributed by atoms with van der Waals surface area (Å²) in [5.74, 6) is 0. The monoisotopic (exact) mass is 319 g/mol. The van der Waals surface area contributed by atoms with E-state index in [-0.39, 0.29) is 0 Å². The molecule has 2 nitrogen and oxygen atoms in total. The molecule has 0 spiro atoms. The summed E-state index contributed by atoms with van der Waals surface area (Å²) in [5.41, 5.74) is 0. The minimum Gasteiger partial charge on any atom is -0.395 e. The van der Waals surface area contributed by atoms with E-state index in [1.54, 1.807) is 0 Å². The number of rotatable bonds is 12. The van der Waals surface area contributed by atoms with Crippen LogP contribution in [0.3, 0.4) is 0 Å². The van der Waals surface area contributed by atoms with Crippen molar-refractivity contribution in [2.24, 2.45) is 0 Å². The maximum absolute atomic E-state index is 9.08. The van der Waals surface area contributed by atoms with Crippen molar-refractivity contribution in [1.82, 2.24) is 4.90 Å². The number of nitrogens with zero attached hydrogens (tertiary/aromatic N) is 1. The van der Waals surface area contributed by atoms with Gasteiger partial charge in [-0.3, -0.25) is 4.90 Å². The van der Waals surface area contributed by atoms with Gasteiger partial charge in [0.15, 0.2) is 0 Å². The molecule has 0 amide bonds. The fourth-order valence-electron chi connectivity index (χ4n) is 2.65. The van der Waals surface area contributed by atoms with E-state index in [0.29, 0.717) is 6.61 Å². The van der Waals surface area contributed by atoms with Crippen LogP contribution in [-0.2, 0) is 0 Å². The predicted molar refractivity (Wildman–Crippen MR) is 82.4 cm³/mol. The quantitative estimate of drug-likeness (QED) is 0.435.